The van der Waals surface area contributed by atoms with Gasteiger partial charge < -0.3 is 14.9 Å². The molecule has 5 heteroatoms. The second-order valence-electron chi connectivity index (χ2n) is 12.8. The standard InChI is InChI=1S/C32H31NO4/c34-24-10-9-20-13-25-32(36)17-30(14-21-8-7-19-3-1-2-4-22(19)23(21)15-30)28(35)29-31(32,26(20)27(24)37-29)11-12-33(25)16-18-5-6-18/h1-4,7-10,18,25,29,34,36H,5-6,11-17H2/t25-,29-,30?,31-,32+/m0/s1. The highest BCUT2D eigenvalue weighted by Crippen LogP contribution is 2.68. The third-order valence-corrected chi connectivity index (χ3v) is 11.1. The van der Waals surface area contributed by atoms with Gasteiger partial charge in [-0.15, -0.1) is 0 Å². The van der Waals surface area contributed by atoms with Crippen LogP contribution in [0.1, 0.15) is 47.9 Å². The Morgan fingerprint density at radius 2 is 1.86 bits per heavy atom. The van der Waals surface area contributed by atoms with Crippen LogP contribution in [0.15, 0.2) is 48.5 Å². The van der Waals surface area contributed by atoms with E-state index >= 15 is 0 Å². The molecule has 0 amide bonds. The molecule has 188 valence electrons. The number of ether oxygens (including phenoxy) is 1. The highest BCUT2D eigenvalue weighted by molar-refractivity contribution is 5.97. The van der Waals surface area contributed by atoms with Gasteiger partial charge in [-0.2, -0.15) is 0 Å². The number of hydrogen-bond acceptors (Lipinski definition) is 5. The second kappa shape index (κ2) is 6.57. The number of likely N-dealkylation sites (tertiary alicyclic amines) is 1. The van der Waals surface area contributed by atoms with Crippen LogP contribution in [0.5, 0.6) is 11.5 Å². The van der Waals surface area contributed by atoms with Gasteiger partial charge in [-0.05, 0) is 90.9 Å². The minimum absolute atomic E-state index is 0.0404. The van der Waals surface area contributed by atoms with Gasteiger partial charge in [-0.25, -0.2) is 0 Å². The lowest BCUT2D eigenvalue weighted by molar-refractivity contribution is -0.209. The number of carbonyl (C=O) groups is 1. The zero-order valence-corrected chi connectivity index (χ0v) is 20.9. The maximum Gasteiger partial charge on any atom is 0.181 e. The number of benzene rings is 3. The van der Waals surface area contributed by atoms with Crippen molar-refractivity contribution >= 4 is 16.6 Å². The summed E-state index contributed by atoms with van der Waals surface area (Å²) in [4.78, 5) is 17.2. The molecule has 2 spiro atoms. The van der Waals surface area contributed by atoms with E-state index in [1.807, 2.05) is 6.07 Å². The van der Waals surface area contributed by atoms with E-state index in [4.69, 9.17) is 4.74 Å². The Hall–Kier alpha value is -2.89. The first-order valence-electron chi connectivity index (χ1n) is 14.0. The average molecular weight is 494 g/mol. The predicted octanol–water partition coefficient (Wildman–Crippen LogP) is 4.07. The number of piperidine rings is 1. The van der Waals surface area contributed by atoms with Crippen LogP contribution >= 0.6 is 0 Å². The van der Waals surface area contributed by atoms with Crippen molar-refractivity contribution in [1.82, 2.24) is 4.90 Å². The van der Waals surface area contributed by atoms with E-state index in [-0.39, 0.29) is 17.6 Å². The number of hydrogen-bond donors (Lipinski definition) is 2. The first kappa shape index (κ1) is 21.1. The SMILES string of the molecule is O=C1[C@@H]2Oc3c(O)ccc4c3[C@@]23CCN(CC2CC2)[C@@H](C4)[C@]3(O)CC12Cc1ccc3ccccc3c1C2. The molecule has 3 fully saturated rings. The fraction of sp³-hybridized carbons (Fsp3) is 0.469. The smallest absolute Gasteiger partial charge is 0.181 e. The highest BCUT2D eigenvalue weighted by atomic mass is 16.5. The molecule has 1 saturated heterocycles. The van der Waals surface area contributed by atoms with Crippen LogP contribution in [0.2, 0.25) is 0 Å². The lowest BCUT2D eigenvalue weighted by Crippen LogP contribution is -2.79. The lowest BCUT2D eigenvalue weighted by atomic mass is 9.44. The summed E-state index contributed by atoms with van der Waals surface area (Å²) in [5.74, 6) is 1.38. The molecular formula is C32H31NO4. The summed E-state index contributed by atoms with van der Waals surface area (Å²) in [5, 5.41) is 26.3. The molecule has 3 aromatic rings. The van der Waals surface area contributed by atoms with E-state index in [2.05, 4.69) is 41.3 Å². The van der Waals surface area contributed by atoms with Crippen molar-refractivity contribution in [3.05, 3.63) is 70.8 Å². The van der Waals surface area contributed by atoms with Crippen LogP contribution in [0.4, 0.5) is 0 Å². The number of carbonyl (C=O) groups excluding carboxylic acids is 1. The van der Waals surface area contributed by atoms with Crippen LogP contribution in [0, 0.1) is 11.3 Å². The number of rotatable bonds is 2. The molecule has 2 bridgehead atoms. The molecule has 5 nitrogen and oxygen atoms in total. The van der Waals surface area contributed by atoms with Gasteiger partial charge in [0.25, 0.3) is 0 Å². The summed E-state index contributed by atoms with van der Waals surface area (Å²) < 4.78 is 6.51. The van der Waals surface area contributed by atoms with Gasteiger partial charge in [-0.1, -0.05) is 42.5 Å². The molecule has 0 radical (unpaired) electrons. The number of nitrogens with zero attached hydrogens (tertiary/aromatic N) is 1. The van der Waals surface area contributed by atoms with Crippen LogP contribution in [-0.2, 0) is 29.5 Å². The molecule has 2 aliphatic heterocycles. The number of phenols is 1. The van der Waals surface area contributed by atoms with E-state index in [1.54, 1.807) is 6.07 Å². The van der Waals surface area contributed by atoms with Gasteiger partial charge in [0, 0.05) is 23.6 Å². The molecule has 6 aliphatic rings. The van der Waals surface area contributed by atoms with Gasteiger partial charge in [0.1, 0.15) is 0 Å². The third kappa shape index (κ3) is 2.38. The average Bonchev–Trinajstić information content (AvgIpc) is 3.51. The third-order valence-electron chi connectivity index (χ3n) is 11.1. The number of fused-ring (bicyclic) bond motifs is 3. The maximum absolute atomic E-state index is 14.7. The fourth-order valence-electron chi connectivity index (χ4n) is 9.34. The van der Waals surface area contributed by atoms with Gasteiger partial charge in [0.05, 0.1) is 11.0 Å². The zero-order chi connectivity index (χ0) is 24.7. The van der Waals surface area contributed by atoms with E-state index in [0.29, 0.717) is 31.4 Å². The summed E-state index contributed by atoms with van der Waals surface area (Å²) in [5.41, 5.74) is 1.98. The Morgan fingerprint density at radius 1 is 1.03 bits per heavy atom. The Morgan fingerprint density at radius 3 is 2.73 bits per heavy atom. The van der Waals surface area contributed by atoms with Gasteiger partial charge in [-0.3, -0.25) is 9.69 Å². The Balaban J connectivity index is 1.24. The molecule has 0 aromatic heterocycles. The molecule has 5 atom stereocenters. The first-order chi connectivity index (χ1) is 17.9. The van der Waals surface area contributed by atoms with Crippen molar-refractivity contribution in [1.29, 1.82) is 0 Å². The highest BCUT2D eigenvalue weighted by Gasteiger charge is 2.77. The molecular weight excluding hydrogens is 462 g/mol. The number of phenolic OH excluding ortho intramolecular Hbond substituents is 1. The summed E-state index contributed by atoms with van der Waals surface area (Å²) >= 11 is 0. The summed E-state index contributed by atoms with van der Waals surface area (Å²) in [6.07, 6.45) is 4.99. The normalized spacial score (nSPS) is 37.1. The Kier molecular flexibility index (Phi) is 3.74. The van der Waals surface area contributed by atoms with Gasteiger partial charge in [0.15, 0.2) is 23.4 Å². The number of ketones is 1. The topological polar surface area (TPSA) is 70.0 Å². The summed E-state index contributed by atoms with van der Waals surface area (Å²) in [7, 11) is 0. The summed E-state index contributed by atoms with van der Waals surface area (Å²) in [6.45, 7) is 1.89. The van der Waals surface area contributed by atoms with E-state index in [1.165, 1.54) is 34.7 Å². The molecule has 3 aromatic carbocycles. The largest absolute Gasteiger partial charge is 0.504 e. The summed E-state index contributed by atoms with van der Waals surface area (Å²) in [6, 6.07) is 16.4. The minimum atomic E-state index is -1.08. The molecule has 4 aliphatic carbocycles. The second-order valence-corrected chi connectivity index (χ2v) is 12.8. The first-order valence-corrected chi connectivity index (χ1v) is 14.0. The monoisotopic (exact) mass is 493 g/mol. The van der Waals surface area contributed by atoms with Crippen molar-refractivity contribution in [2.24, 2.45) is 11.3 Å². The molecule has 9 rings (SSSR count). The zero-order valence-electron chi connectivity index (χ0n) is 20.9. The number of aromatic hydroxyl groups is 1. The van der Waals surface area contributed by atoms with E-state index < -0.39 is 22.5 Å². The minimum Gasteiger partial charge on any atom is -0.504 e. The number of aliphatic hydroxyl groups is 1. The van der Waals surface area contributed by atoms with Crippen molar-refractivity contribution in [2.45, 2.75) is 68.1 Å². The van der Waals surface area contributed by atoms with Crippen molar-refractivity contribution < 1.29 is 19.7 Å². The van der Waals surface area contributed by atoms with Crippen LogP contribution < -0.4 is 4.74 Å². The fourth-order valence-corrected chi connectivity index (χ4v) is 9.34. The maximum atomic E-state index is 14.7. The van der Waals surface area contributed by atoms with Crippen molar-refractivity contribution in [2.75, 3.05) is 13.1 Å². The van der Waals surface area contributed by atoms with Crippen molar-refractivity contribution in [3.63, 3.8) is 0 Å². The van der Waals surface area contributed by atoms with Crippen LogP contribution in [-0.4, -0.2) is 51.7 Å². The lowest BCUT2D eigenvalue weighted by Gasteiger charge is -2.65. The molecule has 2 heterocycles. The van der Waals surface area contributed by atoms with Crippen molar-refractivity contribution in [3.8, 4) is 11.5 Å². The van der Waals surface area contributed by atoms with Crippen LogP contribution in [0.3, 0.4) is 0 Å². The number of Topliss-reactive ketones (excluding diaryl/α,β-unsaturated/α-hetero) is 1. The van der Waals surface area contributed by atoms with E-state index in [0.717, 1.165) is 36.6 Å². The quantitative estimate of drug-likeness (QED) is 0.563. The van der Waals surface area contributed by atoms with Crippen LogP contribution in [0.25, 0.3) is 10.8 Å². The van der Waals surface area contributed by atoms with Gasteiger partial charge in [0.2, 0.25) is 0 Å². The predicted molar refractivity (Wildman–Crippen MR) is 139 cm³/mol. The Bertz CT molecular complexity index is 1540. The Labute approximate surface area is 216 Å². The van der Waals surface area contributed by atoms with Gasteiger partial charge >= 0.3 is 0 Å². The molecule has 37 heavy (non-hydrogen) atoms. The molecule has 1 unspecified atom stereocenters. The van der Waals surface area contributed by atoms with E-state index in [9.17, 15) is 15.0 Å². The molecule has 2 saturated carbocycles. The molecule has 2 N–H and O–H groups in total.